The Kier molecular flexibility index (Phi) is 5.41. The Morgan fingerprint density at radius 3 is 2.58 bits per heavy atom. The topological polar surface area (TPSA) is 81.6 Å². The minimum atomic E-state index is -0.453. The number of phenolic OH excluding ortho intramolecular Hbond substituents is 1. The summed E-state index contributed by atoms with van der Waals surface area (Å²) in [5.74, 6) is -0.497. The summed E-state index contributed by atoms with van der Waals surface area (Å²) in [6.07, 6.45) is 2.14. The van der Waals surface area contributed by atoms with E-state index in [1.54, 1.807) is 13.0 Å². The summed E-state index contributed by atoms with van der Waals surface area (Å²) >= 11 is 0. The van der Waals surface area contributed by atoms with Crippen molar-refractivity contribution < 1.29 is 9.50 Å². The molecular weight excluding hydrogens is 339 g/mol. The van der Waals surface area contributed by atoms with E-state index in [-0.39, 0.29) is 17.0 Å². The zero-order valence-electron chi connectivity index (χ0n) is 14.7. The van der Waals surface area contributed by atoms with Gasteiger partial charge in [0.25, 0.3) is 5.56 Å². The van der Waals surface area contributed by atoms with Gasteiger partial charge in [-0.25, -0.2) is 9.18 Å². The van der Waals surface area contributed by atoms with E-state index < -0.39 is 5.82 Å². The fourth-order valence-corrected chi connectivity index (χ4v) is 3.25. The second-order valence-electron chi connectivity index (χ2n) is 6.55. The quantitative estimate of drug-likeness (QED) is 0.826. The lowest BCUT2D eigenvalue weighted by molar-refractivity contribution is 0.249. The number of nitrogens with zero attached hydrogens (tertiary/aromatic N) is 3. The second kappa shape index (κ2) is 7.74. The van der Waals surface area contributed by atoms with Crippen LogP contribution in [0.5, 0.6) is 5.75 Å². The summed E-state index contributed by atoms with van der Waals surface area (Å²) in [7, 11) is 0. The Balaban J connectivity index is 1.51. The van der Waals surface area contributed by atoms with Crippen molar-refractivity contribution in [2.75, 3.05) is 37.6 Å². The van der Waals surface area contributed by atoms with Crippen LogP contribution >= 0.6 is 0 Å². The van der Waals surface area contributed by atoms with Crippen LogP contribution in [0.1, 0.15) is 12.0 Å². The smallest absolute Gasteiger partial charge is 0.328 e. The average molecular weight is 362 g/mol. The maximum absolute atomic E-state index is 13.1. The molecule has 7 nitrogen and oxygen atoms in total. The molecule has 1 aliphatic heterocycles. The second-order valence-corrected chi connectivity index (χ2v) is 6.55. The highest BCUT2D eigenvalue weighted by Gasteiger charge is 2.19. The van der Waals surface area contributed by atoms with E-state index in [9.17, 15) is 19.1 Å². The van der Waals surface area contributed by atoms with E-state index in [4.69, 9.17) is 0 Å². The van der Waals surface area contributed by atoms with Gasteiger partial charge in [-0.2, -0.15) is 0 Å². The van der Waals surface area contributed by atoms with Crippen LogP contribution in [0.3, 0.4) is 0 Å². The highest BCUT2D eigenvalue weighted by molar-refractivity contribution is 5.58. The molecule has 1 fully saturated rings. The van der Waals surface area contributed by atoms with E-state index in [1.807, 2.05) is 4.90 Å². The number of nitrogens with one attached hydrogen (secondary N) is 1. The van der Waals surface area contributed by atoms with E-state index in [0.29, 0.717) is 24.2 Å². The number of hydrogen-bond donors (Lipinski definition) is 2. The van der Waals surface area contributed by atoms with Crippen LogP contribution in [0.15, 0.2) is 34.0 Å². The standard InChI is InChI=1S/C18H23FN4O3/c1-13-12-20-18(26)23(17(13)25)6-2-5-21-7-9-22(10-8-21)15-4-3-14(19)11-16(15)24/h3-4,11-12,24H,2,5-10H2,1H3,(H,20,26). The predicted octanol–water partition coefficient (Wildman–Crippen LogP) is 0.902. The average Bonchev–Trinajstić information content (AvgIpc) is 2.62. The summed E-state index contributed by atoms with van der Waals surface area (Å²) in [5, 5.41) is 9.89. The minimum absolute atomic E-state index is 0.0449. The Morgan fingerprint density at radius 1 is 1.15 bits per heavy atom. The van der Waals surface area contributed by atoms with E-state index in [0.717, 1.165) is 38.8 Å². The number of aryl methyl sites for hydroxylation is 1. The molecule has 0 amide bonds. The van der Waals surface area contributed by atoms with Gasteiger partial charge in [-0.15, -0.1) is 0 Å². The fraction of sp³-hybridized carbons (Fsp3) is 0.444. The van der Waals surface area contributed by atoms with Gasteiger partial charge >= 0.3 is 5.69 Å². The van der Waals surface area contributed by atoms with E-state index >= 15 is 0 Å². The van der Waals surface area contributed by atoms with Gasteiger partial charge in [0.05, 0.1) is 5.69 Å². The number of aromatic amines is 1. The number of aromatic nitrogens is 2. The molecule has 0 radical (unpaired) electrons. The number of H-pyrrole nitrogens is 1. The first-order valence-corrected chi connectivity index (χ1v) is 8.70. The lowest BCUT2D eigenvalue weighted by Crippen LogP contribution is -2.47. The third-order valence-corrected chi connectivity index (χ3v) is 4.75. The third kappa shape index (κ3) is 3.96. The fourth-order valence-electron chi connectivity index (χ4n) is 3.25. The van der Waals surface area contributed by atoms with Crippen LogP contribution in [0, 0.1) is 12.7 Å². The summed E-state index contributed by atoms with van der Waals surface area (Å²) in [6, 6.07) is 4.06. The van der Waals surface area contributed by atoms with Gasteiger partial charge in [-0.05, 0) is 32.0 Å². The molecule has 0 atom stereocenters. The molecule has 1 aromatic heterocycles. The number of hydrogen-bond acceptors (Lipinski definition) is 5. The van der Waals surface area contributed by atoms with Crippen LogP contribution < -0.4 is 16.1 Å². The molecule has 8 heteroatoms. The SMILES string of the molecule is Cc1c[nH]c(=O)n(CCCN2CCN(c3ccc(F)cc3O)CC2)c1=O. The van der Waals surface area contributed by atoms with Gasteiger partial charge in [0, 0.05) is 50.6 Å². The van der Waals surface area contributed by atoms with Crippen LogP contribution in [0.4, 0.5) is 10.1 Å². The predicted molar refractivity (Wildman–Crippen MR) is 97.4 cm³/mol. The molecule has 0 saturated carbocycles. The normalized spacial score (nSPS) is 15.4. The van der Waals surface area contributed by atoms with Gasteiger partial charge in [0.15, 0.2) is 0 Å². The summed E-state index contributed by atoms with van der Waals surface area (Å²) < 4.78 is 14.3. The maximum Gasteiger partial charge on any atom is 0.328 e. The lowest BCUT2D eigenvalue weighted by Gasteiger charge is -2.36. The van der Waals surface area contributed by atoms with Crippen molar-refractivity contribution in [2.24, 2.45) is 0 Å². The van der Waals surface area contributed by atoms with Crippen molar-refractivity contribution in [1.82, 2.24) is 14.5 Å². The molecule has 0 unspecified atom stereocenters. The Morgan fingerprint density at radius 2 is 1.88 bits per heavy atom. The molecule has 2 heterocycles. The van der Waals surface area contributed by atoms with Crippen LogP contribution in [-0.4, -0.2) is 52.3 Å². The van der Waals surface area contributed by atoms with Crippen LogP contribution in [-0.2, 0) is 6.54 Å². The van der Waals surface area contributed by atoms with Crippen LogP contribution in [0.25, 0.3) is 0 Å². The van der Waals surface area contributed by atoms with Gasteiger partial charge in [0.1, 0.15) is 11.6 Å². The number of halogens is 1. The van der Waals surface area contributed by atoms with E-state index in [1.165, 1.54) is 16.8 Å². The zero-order valence-corrected chi connectivity index (χ0v) is 14.7. The highest BCUT2D eigenvalue weighted by atomic mass is 19.1. The van der Waals surface area contributed by atoms with Crippen molar-refractivity contribution in [3.05, 3.63) is 56.6 Å². The number of phenols is 1. The molecule has 2 aromatic rings. The van der Waals surface area contributed by atoms with E-state index in [2.05, 4.69) is 9.88 Å². The van der Waals surface area contributed by atoms with Gasteiger partial charge in [0.2, 0.25) is 0 Å². The molecule has 0 aliphatic carbocycles. The number of benzene rings is 1. The molecular formula is C18H23FN4O3. The van der Waals surface area contributed by atoms with Crippen molar-refractivity contribution in [1.29, 1.82) is 0 Å². The van der Waals surface area contributed by atoms with Crippen molar-refractivity contribution in [3.63, 3.8) is 0 Å². The van der Waals surface area contributed by atoms with Crippen molar-refractivity contribution in [3.8, 4) is 5.75 Å². The maximum atomic E-state index is 13.1. The first-order valence-electron chi connectivity index (χ1n) is 8.70. The Labute approximate surface area is 150 Å². The highest BCUT2D eigenvalue weighted by Crippen LogP contribution is 2.28. The number of piperazine rings is 1. The number of rotatable bonds is 5. The number of anilines is 1. The van der Waals surface area contributed by atoms with Gasteiger partial charge < -0.3 is 15.0 Å². The molecule has 0 bridgehead atoms. The van der Waals surface area contributed by atoms with Crippen molar-refractivity contribution >= 4 is 5.69 Å². The molecule has 2 N–H and O–H groups in total. The minimum Gasteiger partial charge on any atom is -0.506 e. The first-order chi connectivity index (χ1) is 12.5. The Hall–Kier alpha value is -2.61. The molecule has 3 rings (SSSR count). The number of aromatic hydroxyl groups is 1. The molecule has 1 saturated heterocycles. The molecule has 0 spiro atoms. The lowest BCUT2D eigenvalue weighted by atomic mass is 10.2. The monoisotopic (exact) mass is 362 g/mol. The summed E-state index contributed by atoms with van der Waals surface area (Å²) in [6.45, 7) is 5.90. The molecule has 1 aromatic carbocycles. The molecule has 140 valence electrons. The summed E-state index contributed by atoms with van der Waals surface area (Å²) in [4.78, 5) is 30.6. The van der Waals surface area contributed by atoms with Crippen LogP contribution in [0.2, 0.25) is 0 Å². The zero-order chi connectivity index (χ0) is 18.7. The summed E-state index contributed by atoms with van der Waals surface area (Å²) in [5.41, 5.74) is 0.545. The van der Waals surface area contributed by atoms with Gasteiger partial charge in [-0.3, -0.25) is 14.3 Å². The van der Waals surface area contributed by atoms with Gasteiger partial charge in [-0.1, -0.05) is 0 Å². The first kappa shape index (κ1) is 18.2. The largest absolute Gasteiger partial charge is 0.506 e. The molecule has 1 aliphatic rings. The van der Waals surface area contributed by atoms with Crippen molar-refractivity contribution in [2.45, 2.75) is 19.9 Å². The Bertz CT molecular complexity index is 885. The third-order valence-electron chi connectivity index (χ3n) is 4.75. The molecule has 26 heavy (non-hydrogen) atoms.